The van der Waals surface area contributed by atoms with Crippen LogP contribution < -0.4 is 16.0 Å². The van der Waals surface area contributed by atoms with Gasteiger partial charge in [0, 0.05) is 0 Å². The van der Waals surface area contributed by atoms with Gasteiger partial charge in [-0.1, -0.05) is 0 Å². The van der Waals surface area contributed by atoms with E-state index < -0.39 is 5.54 Å². The van der Waals surface area contributed by atoms with E-state index in [2.05, 4.69) is 27.7 Å². The van der Waals surface area contributed by atoms with Crippen molar-refractivity contribution < 1.29 is 9.59 Å². The Morgan fingerprint density at radius 3 is 2.54 bits per heavy atom. The fourth-order valence-corrected chi connectivity index (χ4v) is 5.99. The van der Waals surface area contributed by atoms with Crippen LogP contribution in [0.25, 0.3) is 0 Å². The number of hydrogen-bond acceptors (Lipinski definition) is 5. The lowest BCUT2D eigenvalue weighted by Crippen LogP contribution is -2.55. The van der Waals surface area contributed by atoms with E-state index >= 15 is 0 Å². The highest BCUT2D eigenvalue weighted by Gasteiger charge is 2.53. The van der Waals surface area contributed by atoms with Gasteiger partial charge in [-0.2, -0.15) is 11.8 Å². The van der Waals surface area contributed by atoms with E-state index in [0.717, 1.165) is 32.0 Å². The molecule has 4 saturated heterocycles. The summed E-state index contributed by atoms with van der Waals surface area (Å²) in [6, 6.07) is -0.194. The zero-order valence-electron chi connectivity index (χ0n) is 14.2. The van der Waals surface area contributed by atoms with Crippen LogP contribution in [-0.4, -0.2) is 59.7 Å². The maximum Gasteiger partial charge on any atom is 0.326 e. The largest absolute Gasteiger partial charge is 0.326 e. The van der Waals surface area contributed by atoms with Crippen molar-refractivity contribution in [2.24, 2.45) is 11.8 Å². The third-order valence-electron chi connectivity index (χ3n) is 6.32. The molecule has 4 aliphatic heterocycles. The summed E-state index contributed by atoms with van der Waals surface area (Å²) < 4.78 is 0. The second-order valence-electron chi connectivity index (χ2n) is 7.64. The van der Waals surface area contributed by atoms with Crippen molar-refractivity contribution in [3.63, 3.8) is 0 Å². The average molecular weight is 353 g/mol. The van der Waals surface area contributed by atoms with Crippen LogP contribution in [0, 0.1) is 11.8 Å². The molecule has 0 bridgehead atoms. The number of amides is 3. The topological polar surface area (TPSA) is 73.5 Å². The molecule has 0 aromatic heterocycles. The van der Waals surface area contributed by atoms with Gasteiger partial charge in [0.2, 0.25) is 0 Å². The van der Waals surface area contributed by atoms with Crippen LogP contribution in [0.3, 0.4) is 0 Å². The summed E-state index contributed by atoms with van der Waals surface area (Å²) in [7, 11) is 0. The number of urea groups is 1. The maximum absolute atomic E-state index is 13.1. The molecule has 0 saturated carbocycles. The average Bonchev–Trinajstić information content (AvgIpc) is 2.78. The zero-order chi connectivity index (χ0) is 16.6. The molecule has 0 radical (unpaired) electrons. The van der Waals surface area contributed by atoms with Crippen molar-refractivity contribution in [2.75, 3.05) is 31.1 Å². The van der Waals surface area contributed by atoms with Crippen molar-refractivity contribution in [3.05, 3.63) is 0 Å². The molecule has 4 rings (SSSR count). The minimum Gasteiger partial charge on any atom is -0.323 e. The van der Waals surface area contributed by atoms with E-state index in [0.29, 0.717) is 18.8 Å². The molecule has 3 amide bonds. The molecular weight excluding hydrogens is 324 g/mol. The van der Waals surface area contributed by atoms with Crippen LogP contribution in [0.2, 0.25) is 0 Å². The normalized spacial score (nSPS) is 36.8. The highest BCUT2D eigenvalue weighted by molar-refractivity contribution is 7.99. The fourth-order valence-electron chi connectivity index (χ4n) is 4.85. The first kappa shape index (κ1) is 16.7. The van der Waals surface area contributed by atoms with Crippen molar-refractivity contribution in [1.82, 2.24) is 20.9 Å². The summed E-state index contributed by atoms with van der Waals surface area (Å²) >= 11 is 2.05. The molecule has 7 heteroatoms. The smallest absolute Gasteiger partial charge is 0.323 e. The number of hydrogen-bond donors (Lipinski definition) is 3. The van der Waals surface area contributed by atoms with Crippen molar-refractivity contribution in [1.29, 1.82) is 0 Å². The first-order valence-corrected chi connectivity index (χ1v) is 10.5. The Bertz CT molecular complexity index is 509. The second kappa shape index (κ2) is 6.84. The summed E-state index contributed by atoms with van der Waals surface area (Å²) in [6.07, 6.45) is 5.84. The Labute approximate surface area is 147 Å². The number of nitrogens with zero attached hydrogens (tertiary/aromatic N) is 1. The standard InChI is InChI=1S/C17H28N4O2S/c22-15-17(4-7-18-8-5-17)20-16(23)21(15)14-11-13-3-10-24-9-2-12(13)1-6-19-14/h12-14,18-19H,1-11H2,(H,20,23). The third kappa shape index (κ3) is 2.95. The van der Waals surface area contributed by atoms with Gasteiger partial charge in [-0.25, -0.2) is 9.69 Å². The lowest BCUT2D eigenvalue weighted by atomic mass is 9.83. The second-order valence-corrected chi connectivity index (χ2v) is 8.87. The van der Waals surface area contributed by atoms with Gasteiger partial charge in [0.05, 0.1) is 6.17 Å². The van der Waals surface area contributed by atoms with E-state index in [9.17, 15) is 9.59 Å². The fraction of sp³-hybridized carbons (Fsp3) is 0.882. The first-order valence-electron chi connectivity index (χ1n) is 9.37. The van der Waals surface area contributed by atoms with E-state index in [4.69, 9.17) is 0 Å². The van der Waals surface area contributed by atoms with Gasteiger partial charge in [0.1, 0.15) is 5.54 Å². The van der Waals surface area contributed by atoms with Gasteiger partial charge < -0.3 is 10.6 Å². The summed E-state index contributed by atoms with van der Waals surface area (Å²) in [4.78, 5) is 27.2. The lowest BCUT2D eigenvalue weighted by Gasteiger charge is -2.33. The molecule has 4 fully saturated rings. The molecule has 4 aliphatic rings. The predicted octanol–water partition coefficient (Wildman–Crippen LogP) is 1.13. The van der Waals surface area contributed by atoms with Gasteiger partial charge in [-0.05, 0) is 81.5 Å². The number of rotatable bonds is 1. The number of fused-ring (bicyclic) bond motifs is 1. The number of nitrogens with one attached hydrogen (secondary N) is 3. The molecule has 6 nitrogen and oxygen atoms in total. The Morgan fingerprint density at radius 1 is 1.00 bits per heavy atom. The molecule has 0 aliphatic carbocycles. The molecule has 1 spiro atoms. The van der Waals surface area contributed by atoms with Gasteiger partial charge in [0.15, 0.2) is 0 Å². The third-order valence-corrected chi connectivity index (χ3v) is 7.36. The molecule has 3 unspecified atom stereocenters. The highest BCUT2D eigenvalue weighted by Crippen LogP contribution is 2.37. The minimum atomic E-state index is -0.658. The van der Waals surface area contributed by atoms with Gasteiger partial charge in [0.25, 0.3) is 5.91 Å². The number of carbonyl (C=O) groups is 2. The van der Waals surface area contributed by atoms with Crippen molar-refractivity contribution >= 4 is 23.7 Å². The van der Waals surface area contributed by atoms with E-state index in [1.54, 1.807) is 0 Å². The van der Waals surface area contributed by atoms with Gasteiger partial charge in [-0.3, -0.25) is 10.1 Å². The Morgan fingerprint density at radius 2 is 1.75 bits per heavy atom. The highest BCUT2D eigenvalue weighted by atomic mass is 32.2. The molecule has 3 atom stereocenters. The quantitative estimate of drug-likeness (QED) is 0.617. The summed E-state index contributed by atoms with van der Waals surface area (Å²) in [5.74, 6) is 3.83. The predicted molar refractivity (Wildman–Crippen MR) is 94.8 cm³/mol. The zero-order valence-corrected chi connectivity index (χ0v) is 15.0. The van der Waals surface area contributed by atoms with Crippen LogP contribution >= 0.6 is 11.8 Å². The molecule has 4 heterocycles. The Balaban J connectivity index is 1.52. The minimum absolute atomic E-state index is 0.00653. The van der Waals surface area contributed by atoms with Crippen LogP contribution in [0.15, 0.2) is 0 Å². The summed E-state index contributed by atoms with van der Waals surface area (Å²) in [5, 5.41) is 9.81. The summed E-state index contributed by atoms with van der Waals surface area (Å²) in [5.41, 5.74) is -0.658. The molecule has 24 heavy (non-hydrogen) atoms. The van der Waals surface area contributed by atoms with E-state index in [1.807, 2.05) is 0 Å². The molecule has 3 N–H and O–H groups in total. The van der Waals surface area contributed by atoms with E-state index in [-0.39, 0.29) is 18.1 Å². The molecule has 134 valence electrons. The summed E-state index contributed by atoms with van der Waals surface area (Å²) in [6.45, 7) is 2.49. The molecule has 0 aromatic rings. The van der Waals surface area contributed by atoms with Crippen LogP contribution in [-0.2, 0) is 4.79 Å². The molecular formula is C17H28N4O2S. The SMILES string of the molecule is O=C1NC2(CCNCC2)C(=O)N1C1CC2CCSCCC2CCN1. The first-order chi connectivity index (χ1) is 11.7. The monoisotopic (exact) mass is 352 g/mol. The van der Waals surface area contributed by atoms with Crippen LogP contribution in [0.1, 0.15) is 38.5 Å². The molecule has 0 aromatic carbocycles. The number of imide groups is 1. The Hall–Kier alpha value is -0.790. The number of thioether (sulfide) groups is 1. The van der Waals surface area contributed by atoms with Crippen molar-refractivity contribution in [3.8, 4) is 0 Å². The number of carbonyl (C=O) groups excluding carboxylic acids is 2. The lowest BCUT2D eigenvalue weighted by molar-refractivity contribution is -0.134. The maximum atomic E-state index is 13.1. The van der Waals surface area contributed by atoms with Crippen molar-refractivity contribution in [2.45, 2.75) is 50.2 Å². The number of piperidine rings is 1. The van der Waals surface area contributed by atoms with Crippen LogP contribution in [0.4, 0.5) is 4.79 Å². The van der Waals surface area contributed by atoms with Crippen LogP contribution in [0.5, 0.6) is 0 Å². The van der Waals surface area contributed by atoms with E-state index in [1.165, 1.54) is 35.7 Å². The Kier molecular flexibility index (Phi) is 4.75. The van der Waals surface area contributed by atoms with Gasteiger partial charge in [-0.15, -0.1) is 0 Å². The van der Waals surface area contributed by atoms with Gasteiger partial charge >= 0.3 is 6.03 Å².